The number of hydrogen-bond donors (Lipinski definition) is 0. The molecule has 0 N–H and O–H groups in total. The number of aryl methyl sites for hydroxylation is 1. The van der Waals surface area contributed by atoms with Crippen LogP contribution in [0.1, 0.15) is 23.6 Å². The average molecular weight is 260 g/mol. The Morgan fingerprint density at radius 3 is 3.36 bits per heavy atom. The maximum absolute atomic E-state index is 4.19. The van der Waals surface area contributed by atoms with Gasteiger partial charge in [-0.2, -0.15) is 5.10 Å². The summed E-state index contributed by atoms with van der Waals surface area (Å²) < 4.78 is 1.94. The van der Waals surface area contributed by atoms with Crippen molar-refractivity contribution in [1.29, 1.82) is 0 Å². The summed E-state index contributed by atoms with van der Waals surface area (Å²) in [6.45, 7) is 3.82. The standard InChI is InChI=1S/C8H9IN2/c1-2-6-3-4-7-5-10-11(9)8(6)7/h2,5-6H,1,3-4H2. The van der Waals surface area contributed by atoms with Crippen molar-refractivity contribution in [3.8, 4) is 0 Å². The Bertz CT molecular complexity index is 290. The summed E-state index contributed by atoms with van der Waals surface area (Å²) in [5, 5.41) is 4.19. The van der Waals surface area contributed by atoms with Crippen molar-refractivity contribution in [2.24, 2.45) is 0 Å². The number of fused-ring (bicyclic) bond motifs is 1. The third kappa shape index (κ3) is 1.02. The maximum atomic E-state index is 4.19. The highest BCUT2D eigenvalue weighted by molar-refractivity contribution is 14.1. The molecule has 0 bridgehead atoms. The van der Waals surface area contributed by atoms with Crippen LogP contribution in [0.2, 0.25) is 0 Å². The second kappa shape index (κ2) is 2.62. The Balaban J connectivity index is 2.50. The van der Waals surface area contributed by atoms with Crippen LogP contribution in [0.5, 0.6) is 0 Å². The van der Waals surface area contributed by atoms with Gasteiger partial charge in [0.1, 0.15) is 0 Å². The fraction of sp³-hybridized carbons (Fsp3) is 0.375. The van der Waals surface area contributed by atoms with Crippen LogP contribution in [0, 0.1) is 0 Å². The summed E-state index contributed by atoms with van der Waals surface area (Å²) >= 11 is 2.22. The highest BCUT2D eigenvalue weighted by Gasteiger charge is 2.23. The summed E-state index contributed by atoms with van der Waals surface area (Å²) in [6.07, 6.45) is 6.35. The predicted molar refractivity (Wildman–Crippen MR) is 52.9 cm³/mol. The van der Waals surface area contributed by atoms with Gasteiger partial charge in [-0.25, -0.2) is 2.90 Å². The molecule has 58 valence electrons. The average Bonchev–Trinajstić information content (AvgIpc) is 2.54. The lowest BCUT2D eigenvalue weighted by atomic mass is 10.1. The molecule has 3 heteroatoms. The van der Waals surface area contributed by atoms with E-state index >= 15 is 0 Å². The van der Waals surface area contributed by atoms with Gasteiger partial charge in [-0.15, -0.1) is 6.58 Å². The number of aromatic nitrogens is 2. The molecule has 0 spiro atoms. The smallest absolute Gasteiger partial charge is 0.0847 e. The Kier molecular flexibility index (Phi) is 1.75. The van der Waals surface area contributed by atoms with E-state index in [1.807, 2.05) is 15.2 Å². The first-order valence-corrected chi connectivity index (χ1v) is 4.65. The van der Waals surface area contributed by atoms with Crippen LogP contribution >= 0.6 is 22.9 Å². The topological polar surface area (TPSA) is 17.8 Å². The van der Waals surface area contributed by atoms with Gasteiger partial charge in [0.2, 0.25) is 0 Å². The molecule has 1 aromatic heterocycles. The summed E-state index contributed by atoms with van der Waals surface area (Å²) in [6, 6.07) is 0. The van der Waals surface area contributed by atoms with Crippen molar-refractivity contribution in [3.05, 3.63) is 30.1 Å². The molecule has 0 fully saturated rings. The van der Waals surface area contributed by atoms with Crippen molar-refractivity contribution < 1.29 is 0 Å². The zero-order valence-electron chi connectivity index (χ0n) is 6.13. The van der Waals surface area contributed by atoms with E-state index in [2.05, 4.69) is 34.5 Å². The number of nitrogens with zero attached hydrogens (tertiary/aromatic N) is 2. The lowest BCUT2D eigenvalue weighted by molar-refractivity contribution is 0.771. The van der Waals surface area contributed by atoms with Crippen LogP contribution in [0.4, 0.5) is 0 Å². The summed E-state index contributed by atoms with van der Waals surface area (Å²) in [5.74, 6) is 0.532. The van der Waals surface area contributed by atoms with Crippen LogP contribution in [-0.4, -0.2) is 7.99 Å². The van der Waals surface area contributed by atoms with E-state index in [0.717, 1.165) is 6.42 Å². The Morgan fingerprint density at radius 1 is 1.82 bits per heavy atom. The molecule has 0 radical (unpaired) electrons. The summed E-state index contributed by atoms with van der Waals surface area (Å²) in [7, 11) is 0. The van der Waals surface area contributed by atoms with Gasteiger partial charge in [-0.3, -0.25) is 0 Å². The lowest BCUT2D eigenvalue weighted by Gasteiger charge is -2.02. The van der Waals surface area contributed by atoms with Crippen molar-refractivity contribution in [3.63, 3.8) is 0 Å². The molecular formula is C8H9IN2. The third-order valence-electron chi connectivity index (χ3n) is 2.20. The first-order chi connectivity index (χ1) is 5.33. The monoisotopic (exact) mass is 260 g/mol. The van der Waals surface area contributed by atoms with Crippen molar-refractivity contribution >= 4 is 22.9 Å². The van der Waals surface area contributed by atoms with E-state index < -0.39 is 0 Å². The molecule has 0 saturated heterocycles. The molecule has 0 aromatic carbocycles. The van der Waals surface area contributed by atoms with Gasteiger partial charge in [-0.05, 0) is 18.4 Å². The van der Waals surface area contributed by atoms with E-state index in [0.29, 0.717) is 5.92 Å². The van der Waals surface area contributed by atoms with E-state index in [-0.39, 0.29) is 0 Å². The third-order valence-corrected chi connectivity index (χ3v) is 2.97. The van der Waals surface area contributed by atoms with Crippen LogP contribution in [0.15, 0.2) is 18.9 Å². The summed E-state index contributed by atoms with van der Waals surface area (Å²) in [5.41, 5.74) is 2.74. The van der Waals surface area contributed by atoms with Crippen LogP contribution in [0.3, 0.4) is 0 Å². The molecule has 0 aliphatic heterocycles. The lowest BCUT2D eigenvalue weighted by Crippen LogP contribution is -1.94. The number of halogens is 1. The molecule has 2 nitrogen and oxygen atoms in total. The van der Waals surface area contributed by atoms with Gasteiger partial charge in [0.05, 0.1) is 34.8 Å². The molecule has 1 heterocycles. The molecular weight excluding hydrogens is 251 g/mol. The first kappa shape index (κ1) is 7.34. The number of rotatable bonds is 1. The van der Waals surface area contributed by atoms with Crippen LogP contribution in [0.25, 0.3) is 0 Å². The van der Waals surface area contributed by atoms with E-state index in [1.54, 1.807) is 0 Å². The first-order valence-electron chi connectivity index (χ1n) is 3.68. The minimum atomic E-state index is 0.532. The fourth-order valence-electron chi connectivity index (χ4n) is 1.61. The quantitative estimate of drug-likeness (QED) is 0.559. The van der Waals surface area contributed by atoms with Gasteiger partial charge in [0.25, 0.3) is 0 Å². The minimum absolute atomic E-state index is 0.532. The Labute approximate surface area is 79.8 Å². The molecule has 1 unspecified atom stereocenters. The zero-order valence-corrected chi connectivity index (χ0v) is 8.28. The largest absolute Gasteiger partial charge is 0.208 e. The van der Waals surface area contributed by atoms with Crippen molar-refractivity contribution in [2.75, 3.05) is 0 Å². The molecule has 1 aliphatic rings. The van der Waals surface area contributed by atoms with Crippen molar-refractivity contribution in [1.82, 2.24) is 7.99 Å². The molecule has 1 atom stereocenters. The fourth-order valence-corrected chi connectivity index (χ4v) is 2.40. The highest BCUT2D eigenvalue weighted by atomic mass is 127. The van der Waals surface area contributed by atoms with Gasteiger partial charge < -0.3 is 0 Å². The van der Waals surface area contributed by atoms with Gasteiger partial charge in [0, 0.05) is 5.92 Å². The van der Waals surface area contributed by atoms with Crippen molar-refractivity contribution in [2.45, 2.75) is 18.8 Å². The molecule has 0 amide bonds. The maximum Gasteiger partial charge on any atom is 0.0847 e. The number of hydrogen-bond acceptors (Lipinski definition) is 1. The van der Waals surface area contributed by atoms with Gasteiger partial charge in [0.15, 0.2) is 0 Å². The summed E-state index contributed by atoms with van der Waals surface area (Å²) in [4.78, 5) is 0. The predicted octanol–water partition coefficient (Wildman–Crippen LogP) is 2.30. The zero-order chi connectivity index (χ0) is 7.84. The van der Waals surface area contributed by atoms with E-state index in [1.165, 1.54) is 17.7 Å². The molecule has 11 heavy (non-hydrogen) atoms. The van der Waals surface area contributed by atoms with Gasteiger partial charge in [-0.1, -0.05) is 6.08 Å². The Hall–Kier alpha value is -0.320. The molecule has 1 aliphatic carbocycles. The molecule has 2 rings (SSSR count). The minimum Gasteiger partial charge on any atom is -0.208 e. The Morgan fingerprint density at radius 2 is 2.64 bits per heavy atom. The number of allylic oxidation sites excluding steroid dienone is 1. The van der Waals surface area contributed by atoms with Crippen LogP contribution in [-0.2, 0) is 6.42 Å². The molecule has 1 aromatic rings. The second-order valence-electron chi connectivity index (χ2n) is 2.80. The molecule has 0 saturated carbocycles. The van der Waals surface area contributed by atoms with E-state index in [4.69, 9.17) is 0 Å². The highest BCUT2D eigenvalue weighted by Crippen LogP contribution is 2.34. The second-order valence-corrected chi connectivity index (χ2v) is 3.71. The SMILES string of the molecule is C=CC1CCc2cnn(I)c21. The van der Waals surface area contributed by atoms with Crippen LogP contribution < -0.4 is 0 Å². The van der Waals surface area contributed by atoms with Gasteiger partial charge >= 0.3 is 0 Å². The normalized spacial score (nSPS) is 21.7. The van der Waals surface area contributed by atoms with E-state index in [9.17, 15) is 0 Å².